The molecule has 1 rings (SSSR count). The van der Waals surface area contributed by atoms with Crippen molar-refractivity contribution < 1.29 is 9.53 Å². The van der Waals surface area contributed by atoms with Gasteiger partial charge in [0.2, 0.25) is 0 Å². The first-order chi connectivity index (χ1) is 6.85. The van der Waals surface area contributed by atoms with E-state index < -0.39 is 0 Å². The minimum Gasteiger partial charge on any atom is -0.464 e. The molecule has 0 aliphatic rings. The minimum atomic E-state index is 0.309. The highest BCUT2D eigenvalue weighted by molar-refractivity contribution is 5.37. The maximum atomic E-state index is 9.29. The number of nitriles is 1. The van der Waals surface area contributed by atoms with Crippen LogP contribution in [-0.2, 0) is 9.53 Å². The fourth-order valence-electron chi connectivity index (χ4n) is 0.536. The summed E-state index contributed by atoms with van der Waals surface area (Å²) in [6.45, 7) is 4.01. The standard InChI is InChI=1S/C6H4N2.C4H6O2/c7-5-6-3-1-2-4-8-6;1-2-3-6-4-5/h1-4H;2,4H,1,3H2. The zero-order valence-electron chi connectivity index (χ0n) is 7.59. The van der Waals surface area contributed by atoms with Crippen LogP contribution in [-0.4, -0.2) is 18.1 Å². The Bertz CT molecular complexity index is 296. The predicted octanol–water partition coefficient (Wildman–Crippen LogP) is 1.30. The summed E-state index contributed by atoms with van der Waals surface area (Å²) < 4.78 is 4.18. The van der Waals surface area contributed by atoms with Crippen LogP contribution in [0.25, 0.3) is 0 Å². The topological polar surface area (TPSA) is 63.0 Å². The quantitative estimate of drug-likeness (QED) is 0.409. The highest BCUT2D eigenvalue weighted by atomic mass is 16.5. The largest absolute Gasteiger partial charge is 0.464 e. The maximum Gasteiger partial charge on any atom is 0.293 e. The highest BCUT2D eigenvalue weighted by Crippen LogP contribution is 1.86. The van der Waals surface area contributed by atoms with Crippen LogP contribution in [0.3, 0.4) is 0 Å². The molecule has 0 fully saturated rings. The summed E-state index contributed by atoms with van der Waals surface area (Å²) in [5, 5.41) is 8.23. The summed E-state index contributed by atoms with van der Waals surface area (Å²) in [4.78, 5) is 13.0. The normalized spacial score (nSPS) is 7.36. The van der Waals surface area contributed by atoms with Gasteiger partial charge in [-0.25, -0.2) is 4.98 Å². The van der Waals surface area contributed by atoms with Crippen LogP contribution in [0.5, 0.6) is 0 Å². The van der Waals surface area contributed by atoms with Crippen molar-refractivity contribution >= 4 is 6.47 Å². The van der Waals surface area contributed by atoms with Crippen LogP contribution in [0, 0.1) is 11.3 Å². The van der Waals surface area contributed by atoms with Crippen LogP contribution in [0.4, 0.5) is 0 Å². The zero-order chi connectivity index (χ0) is 10.6. The number of pyridine rings is 1. The van der Waals surface area contributed by atoms with Crippen LogP contribution in [0.2, 0.25) is 0 Å². The summed E-state index contributed by atoms with van der Waals surface area (Å²) in [6.07, 6.45) is 3.10. The molecule has 14 heavy (non-hydrogen) atoms. The highest BCUT2D eigenvalue weighted by Gasteiger charge is 1.81. The average molecular weight is 190 g/mol. The Morgan fingerprint density at radius 2 is 2.43 bits per heavy atom. The first-order valence-electron chi connectivity index (χ1n) is 3.82. The summed E-state index contributed by atoms with van der Waals surface area (Å²) in [6, 6.07) is 7.14. The van der Waals surface area contributed by atoms with Gasteiger partial charge in [0.25, 0.3) is 6.47 Å². The second-order valence-corrected chi connectivity index (χ2v) is 2.05. The van der Waals surface area contributed by atoms with Crippen molar-refractivity contribution in [3.63, 3.8) is 0 Å². The number of rotatable bonds is 3. The van der Waals surface area contributed by atoms with Gasteiger partial charge in [0.05, 0.1) is 0 Å². The lowest BCUT2D eigenvalue weighted by atomic mass is 10.4. The van der Waals surface area contributed by atoms with Crippen molar-refractivity contribution in [3.8, 4) is 6.07 Å². The molecule has 0 saturated heterocycles. The molecule has 0 aliphatic heterocycles. The third-order valence-corrected chi connectivity index (χ3v) is 1.06. The molecule has 0 amide bonds. The van der Waals surface area contributed by atoms with Gasteiger partial charge in [0.15, 0.2) is 0 Å². The van der Waals surface area contributed by atoms with Gasteiger partial charge in [-0.15, -0.1) is 0 Å². The Balaban J connectivity index is 0.000000255. The van der Waals surface area contributed by atoms with E-state index in [1.165, 1.54) is 6.08 Å². The minimum absolute atomic E-state index is 0.309. The smallest absolute Gasteiger partial charge is 0.293 e. The molecule has 0 radical (unpaired) electrons. The second kappa shape index (κ2) is 8.94. The van der Waals surface area contributed by atoms with E-state index in [1.54, 1.807) is 24.4 Å². The average Bonchev–Trinajstić information content (AvgIpc) is 2.28. The summed E-state index contributed by atoms with van der Waals surface area (Å²) in [5.41, 5.74) is 0.465. The molecule has 0 saturated carbocycles. The second-order valence-electron chi connectivity index (χ2n) is 2.05. The number of carbonyl (C=O) groups is 1. The Hall–Kier alpha value is -2.15. The van der Waals surface area contributed by atoms with Crippen LogP contribution >= 0.6 is 0 Å². The third-order valence-electron chi connectivity index (χ3n) is 1.06. The zero-order valence-corrected chi connectivity index (χ0v) is 7.59. The lowest BCUT2D eigenvalue weighted by molar-refractivity contribution is -0.127. The van der Waals surface area contributed by atoms with Gasteiger partial charge in [-0.1, -0.05) is 18.7 Å². The monoisotopic (exact) mass is 190 g/mol. The van der Waals surface area contributed by atoms with E-state index >= 15 is 0 Å². The van der Waals surface area contributed by atoms with Crippen molar-refractivity contribution in [1.29, 1.82) is 5.26 Å². The Morgan fingerprint density at radius 3 is 2.71 bits per heavy atom. The van der Waals surface area contributed by atoms with Crippen molar-refractivity contribution in [2.45, 2.75) is 0 Å². The van der Waals surface area contributed by atoms with Gasteiger partial charge in [-0.2, -0.15) is 5.26 Å². The molecular formula is C10H10N2O2. The molecular weight excluding hydrogens is 180 g/mol. The maximum absolute atomic E-state index is 9.29. The molecule has 0 spiro atoms. The SMILES string of the molecule is C=CCOC=O.N#Cc1ccccn1. The van der Waals surface area contributed by atoms with Crippen LogP contribution in [0.15, 0.2) is 37.1 Å². The number of carbonyl (C=O) groups excluding carboxylic acids is 1. The fraction of sp³-hybridized carbons (Fsp3) is 0.100. The van der Waals surface area contributed by atoms with Crippen LogP contribution in [0.1, 0.15) is 5.69 Å². The lowest BCUT2D eigenvalue weighted by Gasteiger charge is -1.82. The Kier molecular flexibility index (Phi) is 7.57. The van der Waals surface area contributed by atoms with Gasteiger partial charge in [0, 0.05) is 6.20 Å². The van der Waals surface area contributed by atoms with E-state index in [4.69, 9.17) is 5.26 Å². The van der Waals surface area contributed by atoms with E-state index in [-0.39, 0.29) is 0 Å². The number of hydrogen-bond acceptors (Lipinski definition) is 4. The molecule has 4 nitrogen and oxygen atoms in total. The van der Waals surface area contributed by atoms with E-state index in [0.29, 0.717) is 18.8 Å². The number of ether oxygens (including phenoxy) is 1. The molecule has 0 N–H and O–H groups in total. The van der Waals surface area contributed by atoms with Crippen molar-refractivity contribution in [2.75, 3.05) is 6.61 Å². The van der Waals surface area contributed by atoms with Gasteiger partial charge in [-0.3, -0.25) is 4.79 Å². The van der Waals surface area contributed by atoms with Crippen molar-refractivity contribution in [3.05, 3.63) is 42.7 Å². The van der Waals surface area contributed by atoms with E-state index in [2.05, 4.69) is 16.3 Å². The summed E-state index contributed by atoms with van der Waals surface area (Å²) in [5.74, 6) is 0. The Labute approximate surface area is 82.5 Å². The third kappa shape index (κ3) is 6.55. The predicted molar refractivity (Wildman–Crippen MR) is 51.2 cm³/mol. The fourth-order valence-corrected chi connectivity index (χ4v) is 0.536. The molecule has 1 aromatic heterocycles. The molecule has 0 aliphatic carbocycles. The molecule has 4 heteroatoms. The molecule has 72 valence electrons. The van der Waals surface area contributed by atoms with E-state index in [9.17, 15) is 4.79 Å². The molecule has 0 unspecified atom stereocenters. The van der Waals surface area contributed by atoms with Crippen LogP contribution < -0.4 is 0 Å². The van der Waals surface area contributed by atoms with Crippen molar-refractivity contribution in [2.24, 2.45) is 0 Å². The molecule has 0 atom stereocenters. The number of aromatic nitrogens is 1. The van der Waals surface area contributed by atoms with Crippen molar-refractivity contribution in [1.82, 2.24) is 4.98 Å². The number of nitrogens with zero attached hydrogens (tertiary/aromatic N) is 2. The molecule has 0 aromatic carbocycles. The first kappa shape index (κ1) is 11.8. The van der Waals surface area contributed by atoms with Gasteiger partial charge < -0.3 is 4.74 Å². The Morgan fingerprint density at radius 1 is 1.64 bits per heavy atom. The number of hydrogen-bond donors (Lipinski definition) is 0. The van der Waals surface area contributed by atoms with Gasteiger partial charge in [-0.05, 0) is 12.1 Å². The molecule has 1 aromatic rings. The van der Waals surface area contributed by atoms with Gasteiger partial charge in [0.1, 0.15) is 18.4 Å². The summed E-state index contributed by atoms with van der Waals surface area (Å²) >= 11 is 0. The lowest BCUT2D eigenvalue weighted by Crippen LogP contribution is -1.83. The summed E-state index contributed by atoms with van der Waals surface area (Å²) in [7, 11) is 0. The van der Waals surface area contributed by atoms with Gasteiger partial charge >= 0.3 is 0 Å². The molecule has 0 bridgehead atoms. The van der Waals surface area contributed by atoms with E-state index in [0.717, 1.165) is 0 Å². The van der Waals surface area contributed by atoms with E-state index in [1.807, 2.05) is 6.07 Å². The molecule has 1 heterocycles. The first-order valence-corrected chi connectivity index (χ1v) is 3.82.